The Kier molecular flexibility index (Phi) is 2.30. The first-order chi connectivity index (χ1) is 7.48. The predicted octanol–water partition coefficient (Wildman–Crippen LogP) is 1.87. The Balaban J connectivity index is 2.52. The lowest BCUT2D eigenvalue weighted by Gasteiger charge is -2.11. The van der Waals surface area contributed by atoms with E-state index in [9.17, 15) is 13.2 Å². The molecule has 2 aromatic rings. The summed E-state index contributed by atoms with van der Waals surface area (Å²) in [6.45, 7) is 0. The first-order valence-electron chi connectivity index (χ1n) is 4.32. The summed E-state index contributed by atoms with van der Waals surface area (Å²) in [5.74, 6) is 0. The first kappa shape index (κ1) is 10.5. The molecule has 0 radical (unpaired) electrons. The second-order valence-electron chi connectivity index (χ2n) is 3.09. The summed E-state index contributed by atoms with van der Waals surface area (Å²) in [6, 6.07) is 3.52. The van der Waals surface area contributed by atoms with Crippen molar-refractivity contribution in [1.82, 2.24) is 15.0 Å². The molecule has 16 heavy (non-hydrogen) atoms. The zero-order valence-corrected chi connectivity index (χ0v) is 7.94. The lowest BCUT2D eigenvalue weighted by Crippen LogP contribution is -2.10. The van der Waals surface area contributed by atoms with E-state index in [1.807, 2.05) is 0 Å². The Hall–Kier alpha value is -2.05. The van der Waals surface area contributed by atoms with Gasteiger partial charge in [0.15, 0.2) is 0 Å². The smallest absolute Gasteiger partial charge is 0.398 e. The number of hydrogen-bond acceptors (Lipinski definition) is 3. The number of benzene rings is 1. The molecule has 1 heterocycles. The topological polar surface area (TPSA) is 56.7 Å². The number of nitrogens with zero attached hydrogens (tertiary/aromatic N) is 3. The van der Waals surface area contributed by atoms with Crippen molar-refractivity contribution in [2.45, 2.75) is 6.18 Å². The molecule has 1 aromatic heterocycles. The van der Waals surface area contributed by atoms with Gasteiger partial charge in [0.1, 0.15) is 0 Å². The van der Waals surface area contributed by atoms with Crippen LogP contribution in [0.25, 0.3) is 5.69 Å². The van der Waals surface area contributed by atoms with Gasteiger partial charge in [0.2, 0.25) is 0 Å². The third kappa shape index (κ3) is 1.83. The number of hydrogen-bond donors (Lipinski definition) is 1. The average molecular weight is 228 g/mol. The van der Waals surface area contributed by atoms with Crippen molar-refractivity contribution in [2.24, 2.45) is 0 Å². The number of anilines is 1. The van der Waals surface area contributed by atoms with E-state index >= 15 is 0 Å². The van der Waals surface area contributed by atoms with Gasteiger partial charge in [0, 0.05) is 5.69 Å². The van der Waals surface area contributed by atoms with Gasteiger partial charge < -0.3 is 5.73 Å². The van der Waals surface area contributed by atoms with Gasteiger partial charge in [0.05, 0.1) is 23.6 Å². The summed E-state index contributed by atoms with van der Waals surface area (Å²) in [5, 5.41) is 7.47. The molecule has 0 bridgehead atoms. The summed E-state index contributed by atoms with van der Waals surface area (Å²) in [5.41, 5.74) is 4.27. The number of aromatic nitrogens is 3. The quantitative estimate of drug-likeness (QED) is 0.758. The zero-order chi connectivity index (χ0) is 11.8. The van der Waals surface area contributed by atoms with E-state index < -0.39 is 11.7 Å². The van der Waals surface area contributed by atoms with Gasteiger partial charge in [-0.3, -0.25) is 0 Å². The van der Waals surface area contributed by atoms with Crippen LogP contribution in [0, 0.1) is 0 Å². The maximum atomic E-state index is 12.5. The highest BCUT2D eigenvalue weighted by atomic mass is 19.4. The molecule has 0 aliphatic rings. The molecule has 0 saturated carbocycles. The van der Waals surface area contributed by atoms with E-state index in [0.717, 1.165) is 10.9 Å². The van der Waals surface area contributed by atoms with E-state index in [0.29, 0.717) is 0 Å². The fraction of sp³-hybridized carbons (Fsp3) is 0.111. The molecule has 0 unspecified atom stereocenters. The Labute approximate surface area is 88.5 Å². The molecular weight excluding hydrogens is 221 g/mol. The van der Waals surface area contributed by atoms with Crippen LogP contribution in [0.1, 0.15) is 5.56 Å². The molecule has 0 saturated heterocycles. The fourth-order valence-corrected chi connectivity index (χ4v) is 1.26. The molecule has 0 fully saturated rings. The monoisotopic (exact) mass is 228 g/mol. The molecule has 84 valence electrons. The van der Waals surface area contributed by atoms with Crippen LogP contribution in [0.4, 0.5) is 18.9 Å². The van der Waals surface area contributed by atoms with Crippen molar-refractivity contribution < 1.29 is 13.2 Å². The molecule has 0 aliphatic heterocycles. The number of halogens is 3. The van der Waals surface area contributed by atoms with Gasteiger partial charge in [-0.2, -0.15) is 28.2 Å². The van der Waals surface area contributed by atoms with Gasteiger partial charge in [-0.05, 0) is 18.2 Å². The van der Waals surface area contributed by atoms with Crippen LogP contribution in [0.3, 0.4) is 0 Å². The molecule has 4 nitrogen and oxygen atoms in total. The maximum absolute atomic E-state index is 12.5. The molecule has 7 heteroatoms. The average Bonchev–Trinajstić information content (AvgIpc) is 2.69. The SMILES string of the molecule is Nc1ccc(-n2nccn2)cc1C(F)(F)F. The second kappa shape index (κ2) is 3.51. The minimum absolute atomic E-state index is 0.214. The van der Waals surface area contributed by atoms with Gasteiger partial charge in [-0.25, -0.2) is 0 Å². The highest BCUT2D eigenvalue weighted by molar-refractivity contribution is 5.53. The van der Waals surface area contributed by atoms with Crippen molar-refractivity contribution in [1.29, 1.82) is 0 Å². The molecular formula is C9H7F3N4. The van der Waals surface area contributed by atoms with Crippen LogP contribution >= 0.6 is 0 Å². The standard InChI is InChI=1S/C9H7F3N4/c10-9(11,12)7-5-6(1-2-8(7)13)16-14-3-4-15-16/h1-5H,13H2. The van der Waals surface area contributed by atoms with E-state index in [4.69, 9.17) is 5.73 Å². The van der Waals surface area contributed by atoms with Crippen LogP contribution < -0.4 is 5.73 Å². The van der Waals surface area contributed by atoms with E-state index in [1.165, 1.54) is 24.5 Å². The molecule has 1 aromatic carbocycles. The summed E-state index contributed by atoms with van der Waals surface area (Å²) in [6.07, 6.45) is -1.72. The van der Waals surface area contributed by atoms with Crippen molar-refractivity contribution in [3.63, 3.8) is 0 Å². The summed E-state index contributed by atoms with van der Waals surface area (Å²) in [4.78, 5) is 1.09. The minimum atomic E-state index is -4.48. The van der Waals surface area contributed by atoms with Crippen molar-refractivity contribution in [3.8, 4) is 5.69 Å². The number of nitrogens with two attached hydrogens (primary N) is 1. The van der Waals surface area contributed by atoms with E-state index in [1.54, 1.807) is 0 Å². The Morgan fingerprint density at radius 2 is 1.75 bits per heavy atom. The van der Waals surface area contributed by atoms with Gasteiger partial charge in [-0.15, -0.1) is 0 Å². The van der Waals surface area contributed by atoms with Gasteiger partial charge in [0.25, 0.3) is 0 Å². The Morgan fingerprint density at radius 3 is 2.31 bits per heavy atom. The summed E-state index contributed by atoms with van der Waals surface area (Å²) < 4.78 is 37.6. The molecule has 0 aliphatic carbocycles. The fourth-order valence-electron chi connectivity index (χ4n) is 1.26. The third-order valence-corrected chi connectivity index (χ3v) is 1.99. The Bertz CT molecular complexity index is 490. The highest BCUT2D eigenvalue weighted by Gasteiger charge is 2.33. The van der Waals surface area contributed by atoms with Gasteiger partial charge >= 0.3 is 6.18 Å². The minimum Gasteiger partial charge on any atom is -0.398 e. The first-order valence-corrected chi connectivity index (χ1v) is 4.32. The van der Waals surface area contributed by atoms with Crippen LogP contribution in [0.2, 0.25) is 0 Å². The molecule has 0 amide bonds. The largest absolute Gasteiger partial charge is 0.418 e. The number of nitrogen functional groups attached to an aromatic ring is 1. The molecule has 2 N–H and O–H groups in total. The van der Waals surface area contributed by atoms with Crippen molar-refractivity contribution in [2.75, 3.05) is 5.73 Å². The maximum Gasteiger partial charge on any atom is 0.418 e. The van der Waals surface area contributed by atoms with Crippen molar-refractivity contribution in [3.05, 3.63) is 36.2 Å². The number of alkyl halides is 3. The molecule has 0 atom stereocenters. The predicted molar refractivity (Wildman–Crippen MR) is 50.8 cm³/mol. The molecule has 2 rings (SSSR count). The van der Waals surface area contributed by atoms with Crippen molar-refractivity contribution >= 4 is 5.69 Å². The summed E-state index contributed by atoms with van der Waals surface area (Å²) in [7, 11) is 0. The Morgan fingerprint density at radius 1 is 1.12 bits per heavy atom. The highest BCUT2D eigenvalue weighted by Crippen LogP contribution is 2.34. The van der Waals surface area contributed by atoms with Gasteiger partial charge in [-0.1, -0.05) is 0 Å². The van der Waals surface area contributed by atoms with Crippen LogP contribution in [0.15, 0.2) is 30.6 Å². The van der Waals surface area contributed by atoms with E-state index in [2.05, 4.69) is 10.2 Å². The second-order valence-corrected chi connectivity index (χ2v) is 3.09. The lowest BCUT2D eigenvalue weighted by molar-refractivity contribution is -0.136. The van der Waals surface area contributed by atoms with Crippen LogP contribution in [0.5, 0.6) is 0 Å². The van der Waals surface area contributed by atoms with E-state index in [-0.39, 0.29) is 11.4 Å². The normalized spacial score (nSPS) is 11.7. The molecule has 0 spiro atoms. The van der Waals surface area contributed by atoms with Crippen LogP contribution in [-0.2, 0) is 6.18 Å². The zero-order valence-electron chi connectivity index (χ0n) is 7.94. The lowest BCUT2D eigenvalue weighted by atomic mass is 10.1. The summed E-state index contributed by atoms with van der Waals surface area (Å²) >= 11 is 0. The number of rotatable bonds is 1. The third-order valence-electron chi connectivity index (χ3n) is 1.99. The van der Waals surface area contributed by atoms with Crippen LogP contribution in [-0.4, -0.2) is 15.0 Å².